The highest BCUT2D eigenvalue weighted by Gasteiger charge is 2.34. The number of nitrogens with one attached hydrogen (secondary N) is 1. The fourth-order valence-electron chi connectivity index (χ4n) is 3.29. The monoisotopic (exact) mass is 244 g/mol. The third-order valence-corrected chi connectivity index (χ3v) is 4.30. The maximum absolute atomic E-state index is 12.0. The van der Waals surface area contributed by atoms with Crippen molar-refractivity contribution in [3.05, 3.63) is 30.3 Å². The predicted octanol–water partition coefficient (Wildman–Crippen LogP) is 2.36. The minimum absolute atomic E-state index is 0.167. The van der Waals surface area contributed by atoms with Crippen molar-refractivity contribution < 1.29 is 4.79 Å². The summed E-state index contributed by atoms with van der Waals surface area (Å²) in [4.78, 5) is 14.5. The largest absolute Gasteiger partial charge is 0.326 e. The Kier molecular flexibility index (Phi) is 3.33. The number of amides is 1. The van der Waals surface area contributed by atoms with Gasteiger partial charge < -0.3 is 10.2 Å². The van der Waals surface area contributed by atoms with Crippen molar-refractivity contribution >= 4 is 11.6 Å². The molecule has 1 aromatic carbocycles. The summed E-state index contributed by atoms with van der Waals surface area (Å²) in [6.45, 7) is 3.59. The molecule has 18 heavy (non-hydrogen) atoms. The molecule has 3 fully saturated rings. The minimum Gasteiger partial charge on any atom is -0.326 e. The average Bonchev–Trinajstić information content (AvgIpc) is 2.41. The standard InChI is InChI=1S/C15H20N2O/c18-15(16-14-4-2-1-3-5-14)10-13-11-17-8-6-12(13)7-9-17/h1-5,12-13H,6-11H2,(H,16,18)/t13-/m0/s1. The first kappa shape index (κ1) is 11.7. The van der Waals surface area contributed by atoms with Gasteiger partial charge in [-0.25, -0.2) is 0 Å². The van der Waals surface area contributed by atoms with Gasteiger partial charge in [0.05, 0.1) is 0 Å². The Balaban J connectivity index is 1.55. The Morgan fingerprint density at radius 2 is 1.94 bits per heavy atom. The molecule has 1 aromatic rings. The summed E-state index contributed by atoms with van der Waals surface area (Å²) in [5, 5.41) is 2.99. The van der Waals surface area contributed by atoms with Crippen molar-refractivity contribution in [3.8, 4) is 0 Å². The van der Waals surface area contributed by atoms with Crippen LogP contribution in [0.2, 0.25) is 0 Å². The molecule has 3 saturated heterocycles. The molecule has 1 amide bonds. The molecule has 3 aliphatic heterocycles. The molecule has 3 aliphatic rings. The third kappa shape index (κ3) is 2.56. The topological polar surface area (TPSA) is 32.3 Å². The first-order chi connectivity index (χ1) is 8.81. The van der Waals surface area contributed by atoms with Gasteiger partial charge in [-0.1, -0.05) is 18.2 Å². The van der Waals surface area contributed by atoms with Gasteiger partial charge in [0.2, 0.25) is 5.91 Å². The lowest BCUT2D eigenvalue weighted by Gasteiger charge is -2.44. The molecule has 0 aromatic heterocycles. The van der Waals surface area contributed by atoms with Crippen LogP contribution in [-0.2, 0) is 4.79 Å². The highest BCUT2D eigenvalue weighted by Crippen LogP contribution is 2.34. The molecule has 2 bridgehead atoms. The number of fused-ring (bicyclic) bond motifs is 3. The SMILES string of the molecule is O=C(C[C@H]1CN2CCC1CC2)Nc1ccccc1. The summed E-state index contributed by atoms with van der Waals surface area (Å²) in [5.74, 6) is 1.51. The first-order valence-electron chi connectivity index (χ1n) is 6.88. The second-order valence-electron chi connectivity index (χ2n) is 5.52. The van der Waals surface area contributed by atoms with E-state index in [1.807, 2.05) is 30.3 Å². The zero-order valence-electron chi connectivity index (χ0n) is 10.6. The minimum atomic E-state index is 0.167. The van der Waals surface area contributed by atoms with E-state index in [-0.39, 0.29) is 5.91 Å². The lowest BCUT2D eigenvalue weighted by Crippen LogP contribution is -2.48. The molecule has 4 rings (SSSR count). The second-order valence-corrected chi connectivity index (χ2v) is 5.52. The summed E-state index contributed by atoms with van der Waals surface area (Å²) in [5.41, 5.74) is 0.906. The van der Waals surface area contributed by atoms with Gasteiger partial charge in [-0.05, 0) is 49.9 Å². The van der Waals surface area contributed by atoms with Gasteiger partial charge in [0.25, 0.3) is 0 Å². The molecule has 0 saturated carbocycles. The Labute approximate surface area is 108 Å². The number of benzene rings is 1. The van der Waals surface area contributed by atoms with Gasteiger partial charge in [0.15, 0.2) is 0 Å². The van der Waals surface area contributed by atoms with Gasteiger partial charge >= 0.3 is 0 Å². The number of hydrogen-bond acceptors (Lipinski definition) is 2. The van der Waals surface area contributed by atoms with Crippen LogP contribution < -0.4 is 5.32 Å². The molecular weight excluding hydrogens is 224 g/mol. The molecule has 96 valence electrons. The number of anilines is 1. The van der Waals surface area contributed by atoms with Crippen LogP contribution in [0.5, 0.6) is 0 Å². The van der Waals surface area contributed by atoms with E-state index in [0.29, 0.717) is 12.3 Å². The number of carbonyl (C=O) groups excluding carboxylic acids is 1. The van der Waals surface area contributed by atoms with Crippen LogP contribution in [0.15, 0.2) is 30.3 Å². The van der Waals surface area contributed by atoms with E-state index in [2.05, 4.69) is 10.2 Å². The summed E-state index contributed by atoms with van der Waals surface area (Å²) in [6, 6.07) is 9.74. The molecule has 3 heterocycles. The Morgan fingerprint density at radius 3 is 2.56 bits per heavy atom. The zero-order chi connectivity index (χ0) is 12.4. The highest BCUT2D eigenvalue weighted by molar-refractivity contribution is 5.90. The van der Waals surface area contributed by atoms with Crippen molar-refractivity contribution in [1.29, 1.82) is 0 Å². The van der Waals surface area contributed by atoms with E-state index in [0.717, 1.165) is 18.2 Å². The maximum atomic E-state index is 12.0. The van der Waals surface area contributed by atoms with Gasteiger partial charge in [0.1, 0.15) is 0 Å². The average molecular weight is 244 g/mol. The third-order valence-electron chi connectivity index (χ3n) is 4.30. The fourth-order valence-corrected chi connectivity index (χ4v) is 3.29. The van der Waals surface area contributed by atoms with E-state index >= 15 is 0 Å². The van der Waals surface area contributed by atoms with E-state index in [4.69, 9.17) is 0 Å². The lowest BCUT2D eigenvalue weighted by atomic mass is 9.77. The molecule has 0 spiro atoms. The Morgan fingerprint density at radius 1 is 1.22 bits per heavy atom. The number of rotatable bonds is 3. The van der Waals surface area contributed by atoms with Crippen LogP contribution in [0, 0.1) is 11.8 Å². The van der Waals surface area contributed by atoms with Crippen molar-refractivity contribution in [2.75, 3.05) is 25.0 Å². The Hall–Kier alpha value is -1.35. The molecule has 1 N–H and O–H groups in total. The van der Waals surface area contributed by atoms with Crippen LogP contribution in [0.3, 0.4) is 0 Å². The summed E-state index contributed by atoms with van der Waals surface area (Å²) < 4.78 is 0. The first-order valence-corrected chi connectivity index (χ1v) is 6.88. The fraction of sp³-hybridized carbons (Fsp3) is 0.533. The van der Waals surface area contributed by atoms with Gasteiger partial charge in [-0.3, -0.25) is 4.79 Å². The molecule has 0 radical (unpaired) electrons. The van der Waals surface area contributed by atoms with Crippen LogP contribution in [0.1, 0.15) is 19.3 Å². The smallest absolute Gasteiger partial charge is 0.224 e. The van der Waals surface area contributed by atoms with Gasteiger partial charge in [0, 0.05) is 18.7 Å². The van der Waals surface area contributed by atoms with Crippen molar-refractivity contribution in [2.24, 2.45) is 11.8 Å². The molecule has 3 nitrogen and oxygen atoms in total. The number of hydrogen-bond donors (Lipinski definition) is 1. The van der Waals surface area contributed by atoms with E-state index in [1.165, 1.54) is 25.9 Å². The van der Waals surface area contributed by atoms with Crippen LogP contribution >= 0.6 is 0 Å². The maximum Gasteiger partial charge on any atom is 0.224 e. The number of nitrogens with zero attached hydrogens (tertiary/aromatic N) is 1. The highest BCUT2D eigenvalue weighted by atomic mass is 16.1. The van der Waals surface area contributed by atoms with E-state index in [9.17, 15) is 4.79 Å². The molecule has 3 heteroatoms. The van der Waals surface area contributed by atoms with Crippen molar-refractivity contribution in [3.63, 3.8) is 0 Å². The van der Waals surface area contributed by atoms with E-state index in [1.54, 1.807) is 0 Å². The lowest BCUT2D eigenvalue weighted by molar-refractivity contribution is -0.118. The van der Waals surface area contributed by atoms with Gasteiger partial charge in [-0.15, -0.1) is 0 Å². The quantitative estimate of drug-likeness (QED) is 0.885. The molecule has 1 atom stereocenters. The number of carbonyl (C=O) groups is 1. The van der Waals surface area contributed by atoms with Crippen molar-refractivity contribution in [1.82, 2.24) is 4.90 Å². The summed E-state index contributed by atoms with van der Waals surface area (Å²) in [6.07, 6.45) is 3.24. The molecule has 0 aliphatic carbocycles. The molecular formula is C15H20N2O. The molecule has 0 unspecified atom stereocenters. The van der Waals surface area contributed by atoms with Crippen LogP contribution in [0.25, 0.3) is 0 Å². The normalized spacial score (nSPS) is 30.1. The zero-order valence-corrected chi connectivity index (χ0v) is 10.6. The van der Waals surface area contributed by atoms with E-state index < -0.39 is 0 Å². The predicted molar refractivity (Wildman–Crippen MR) is 72.3 cm³/mol. The van der Waals surface area contributed by atoms with Crippen LogP contribution in [-0.4, -0.2) is 30.4 Å². The summed E-state index contributed by atoms with van der Waals surface area (Å²) in [7, 11) is 0. The second kappa shape index (κ2) is 5.11. The van der Waals surface area contributed by atoms with Crippen LogP contribution in [0.4, 0.5) is 5.69 Å². The van der Waals surface area contributed by atoms with Gasteiger partial charge in [-0.2, -0.15) is 0 Å². The van der Waals surface area contributed by atoms with Crippen molar-refractivity contribution in [2.45, 2.75) is 19.3 Å². The summed E-state index contributed by atoms with van der Waals surface area (Å²) >= 11 is 0. The number of para-hydroxylation sites is 1. The number of piperidine rings is 3. The Bertz CT molecular complexity index is 410.